The van der Waals surface area contributed by atoms with E-state index in [0.717, 1.165) is 10.1 Å². The summed E-state index contributed by atoms with van der Waals surface area (Å²) >= 11 is 0. The standard InChI is InChI=1S/C15H11NO3/c1-10-6-2-3-7-11(10)14(17)16-12-8-4-5-9-13(12)19-15(16)18/h2-9H,1H3. The SMILES string of the molecule is Cc1ccccc1C(=O)n1c(=O)oc2ccccc21. The van der Waals surface area contributed by atoms with Crippen molar-refractivity contribution in [3.05, 3.63) is 70.2 Å². The molecule has 94 valence electrons. The number of nitrogens with zero attached hydrogens (tertiary/aromatic N) is 1. The third-order valence-electron chi connectivity index (χ3n) is 3.06. The fourth-order valence-electron chi connectivity index (χ4n) is 2.09. The van der Waals surface area contributed by atoms with Gasteiger partial charge in [0.15, 0.2) is 5.58 Å². The van der Waals surface area contributed by atoms with Gasteiger partial charge in [0.2, 0.25) is 0 Å². The van der Waals surface area contributed by atoms with Gasteiger partial charge in [-0.05, 0) is 30.7 Å². The molecule has 0 fully saturated rings. The van der Waals surface area contributed by atoms with Gasteiger partial charge in [-0.25, -0.2) is 9.36 Å². The molecule has 0 atom stereocenters. The highest BCUT2D eigenvalue weighted by atomic mass is 16.4. The number of hydrogen-bond acceptors (Lipinski definition) is 3. The van der Waals surface area contributed by atoms with E-state index < -0.39 is 5.76 Å². The van der Waals surface area contributed by atoms with Crippen LogP contribution < -0.4 is 5.76 Å². The number of para-hydroxylation sites is 2. The lowest BCUT2D eigenvalue weighted by atomic mass is 10.1. The molecule has 4 heteroatoms. The quantitative estimate of drug-likeness (QED) is 0.669. The van der Waals surface area contributed by atoms with Crippen molar-refractivity contribution in [3.63, 3.8) is 0 Å². The Balaban J connectivity index is 2.26. The number of rotatable bonds is 1. The topological polar surface area (TPSA) is 52.2 Å². The van der Waals surface area contributed by atoms with Gasteiger partial charge in [-0.1, -0.05) is 30.3 Å². The van der Waals surface area contributed by atoms with E-state index in [1.54, 1.807) is 36.4 Å². The molecular formula is C15H11NO3. The van der Waals surface area contributed by atoms with Crippen molar-refractivity contribution in [2.75, 3.05) is 0 Å². The number of aromatic nitrogens is 1. The molecule has 2 aromatic carbocycles. The molecule has 19 heavy (non-hydrogen) atoms. The van der Waals surface area contributed by atoms with Gasteiger partial charge >= 0.3 is 5.76 Å². The van der Waals surface area contributed by atoms with Crippen LogP contribution in [0.25, 0.3) is 11.1 Å². The van der Waals surface area contributed by atoms with Gasteiger partial charge in [0.05, 0.1) is 5.52 Å². The molecule has 0 N–H and O–H groups in total. The number of carbonyl (C=O) groups is 1. The van der Waals surface area contributed by atoms with Crippen molar-refractivity contribution in [2.24, 2.45) is 0 Å². The second kappa shape index (κ2) is 4.24. The van der Waals surface area contributed by atoms with E-state index in [1.165, 1.54) is 0 Å². The average Bonchev–Trinajstić information content (AvgIpc) is 2.74. The van der Waals surface area contributed by atoms with Gasteiger partial charge in [-0.3, -0.25) is 4.79 Å². The maximum Gasteiger partial charge on any atom is 0.427 e. The molecule has 0 amide bonds. The smallest absolute Gasteiger partial charge is 0.407 e. The van der Waals surface area contributed by atoms with Gasteiger partial charge in [0.25, 0.3) is 5.91 Å². The van der Waals surface area contributed by atoms with E-state index in [0.29, 0.717) is 16.7 Å². The summed E-state index contributed by atoms with van der Waals surface area (Å²) in [7, 11) is 0. The summed E-state index contributed by atoms with van der Waals surface area (Å²) in [5.41, 5.74) is 2.22. The highest BCUT2D eigenvalue weighted by Gasteiger charge is 2.18. The first kappa shape index (κ1) is 11.5. The summed E-state index contributed by atoms with van der Waals surface area (Å²) in [4.78, 5) is 24.3. The number of fused-ring (bicyclic) bond motifs is 1. The molecule has 0 aliphatic carbocycles. The van der Waals surface area contributed by atoms with Crippen molar-refractivity contribution in [1.29, 1.82) is 0 Å². The fourth-order valence-corrected chi connectivity index (χ4v) is 2.09. The average molecular weight is 253 g/mol. The Morgan fingerprint density at radius 3 is 2.53 bits per heavy atom. The maximum atomic E-state index is 12.5. The Bertz CT molecular complexity index is 827. The van der Waals surface area contributed by atoms with Crippen molar-refractivity contribution in [3.8, 4) is 0 Å². The second-order valence-corrected chi connectivity index (χ2v) is 4.29. The van der Waals surface area contributed by atoms with Crippen LogP contribution in [0.2, 0.25) is 0 Å². The zero-order valence-corrected chi connectivity index (χ0v) is 10.3. The molecule has 0 radical (unpaired) electrons. The zero-order chi connectivity index (χ0) is 13.4. The molecular weight excluding hydrogens is 242 g/mol. The molecule has 3 aromatic rings. The summed E-state index contributed by atoms with van der Waals surface area (Å²) in [6.45, 7) is 1.83. The van der Waals surface area contributed by atoms with Gasteiger partial charge in [0.1, 0.15) is 0 Å². The Kier molecular flexibility index (Phi) is 2.56. The minimum absolute atomic E-state index is 0.368. The first-order chi connectivity index (χ1) is 9.18. The third-order valence-corrected chi connectivity index (χ3v) is 3.06. The largest absolute Gasteiger partial charge is 0.427 e. The molecule has 3 rings (SSSR count). The van der Waals surface area contributed by atoms with Crippen LogP contribution in [0.4, 0.5) is 0 Å². The summed E-state index contributed by atoms with van der Waals surface area (Å²) in [5.74, 6) is -1.03. The van der Waals surface area contributed by atoms with Crippen LogP contribution in [0.3, 0.4) is 0 Å². The van der Waals surface area contributed by atoms with Crippen molar-refractivity contribution >= 4 is 17.0 Å². The lowest BCUT2D eigenvalue weighted by molar-refractivity contribution is 0.0956. The lowest BCUT2D eigenvalue weighted by Gasteiger charge is -2.04. The van der Waals surface area contributed by atoms with E-state index in [-0.39, 0.29) is 5.91 Å². The first-order valence-corrected chi connectivity index (χ1v) is 5.89. The third kappa shape index (κ3) is 1.78. The van der Waals surface area contributed by atoms with Crippen LogP contribution in [-0.4, -0.2) is 10.5 Å². The molecule has 0 saturated carbocycles. The Morgan fingerprint density at radius 1 is 1.05 bits per heavy atom. The molecule has 0 aliphatic heterocycles. The monoisotopic (exact) mass is 253 g/mol. The van der Waals surface area contributed by atoms with E-state index in [1.807, 2.05) is 19.1 Å². The van der Waals surface area contributed by atoms with Crippen LogP contribution in [0.5, 0.6) is 0 Å². The van der Waals surface area contributed by atoms with E-state index >= 15 is 0 Å². The number of benzene rings is 2. The van der Waals surface area contributed by atoms with E-state index in [4.69, 9.17) is 4.42 Å². The molecule has 4 nitrogen and oxygen atoms in total. The summed E-state index contributed by atoms with van der Waals surface area (Å²) in [6.07, 6.45) is 0. The molecule has 0 aliphatic rings. The van der Waals surface area contributed by atoms with Crippen molar-refractivity contribution < 1.29 is 9.21 Å². The van der Waals surface area contributed by atoms with Crippen molar-refractivity contribution in [2.45, 2.75) is 6.92 Å². The summed E-state index contributed by atoms with van der Waals surface area (Å²) in [6, 6.07) is 14.0. The number of hydrogen-bond donors (Lipinski definition) is 0. The molecule has 1 heterocycles. The molecule has 0 unspecified atom stereocenters. The minimum Gasteiger partial charge on any atom is -0.407 e. The predicted octanol–water partition coefficient (Wildman–Crippen LogP) is 2.59. The van der Waals surface area contributed by atoms with E-state index in [9.17, 15) is 9.59 Å². The van der Waals surface area contributed by atoms with Gasteiger partial charge in [0, 0.05) is 5.56 Å². The second-order valence-electron chi connectivity index (χ2n) is 4.29. The number of carbonyl (C=O) groups excluding carboxylic acids is 1. The molecule has 0 bridgehead atoms. The highest BCUT2D eigenvalue weighted by Crippen LogP contribution is 2.15. The summed E-state index contributed by atoms with van der Waals surface area (Å²) in [5, 5.41) is 0. The maximum absolute atomic E-state index is 12.5. The molecule has 0 saturated heterocycles. The fraction of sp³-hybridized carbons (Fsp3) is 0.0667. The van der Waals surface area contributed by atoms with Gasteiger partial charge in [-0.15, -0.1) is 0 Å². The zero-order valence-electron chi connectivity index (χ0n) is 10.3. The highest BCUT2D eigenvalue weighted by molar-refractivity contribution is 6.01. The van der Waals surface area contributed by atoms with Crippen LogP contribution >= 0.6 is 0 Å². The van der Waals surface area contributed by atoms with Crippen LogP contribution in [-0.2, 0) is 0 Å². The normalized spacial score (nSPS) is 10.8. The lowest BCUT2D eigenvalue weighted by Crippen LogP contribution is -2.23. The Hall–Kier alpha value is -2.62. The van der Waals surface area contributed by atoms with Gasteiger partial charge < -0.3 is 4.42 Å². The van der Waals surface area contributed by atoms with Crippen LogP contribution in [0, 0.1) is 6.92 Å². The Labute approximate surface area is 108 Å². The van der Waals surface area contributed by atoms with E-state index in [2.05, 4.69) is 0 Å². The van der Waals surface area contributed by atoms with Crippen molar-refractivity contribution in [1.82, 2.24) is 4.57 Å². The molecule has 1 aromatic heterocycles. The predicted molar refractivity (Wildman–Crippen MR) is 71.4 cm³/mol. The minimum atomic E-state index is -0.658. The first-order valence-electron chi connectivity index (χ1n) is 5.89. The Morgan fingerprint density at radius 2 is 1.74 bits per heavy atom. The van der Waals surface area contributed by atoms with Crippen LogP contribution in [0.15, 0.2) is 57.7 Å². The summed E-state index contributed by atoms with van der Waals surface area (Å²) < 4.78 is 6.14. The number of oxazole rings is 1. The van der Waals surface area contributed by atoms with Crippen LogP contribution in [0.1, 0.15) is 15.9 Å². The molecule has 0 spiro atoms. The van der Waals surface area contributed by atoms with Gasteiger partial charge in [-0.2, -0.15) is 0 Å². The number of aryl methyl sites for hydroxylation is 1.